The quantitative estimate of drug-likeness (QED) is 0.795. The molecule has 0 saturated carbocycles. The fourth-order valence-electron chi connectivity index (χ4n) is 1.49. The van der Waals surface area contributed by atoms with Crippen molar-refractivity contribution in [2.45, 2.75) is 6.61 Å². The first-order valence-electron chi connectivity index (χ1n) is 5.08. The van der Waals surface area contributed by atoms with Crippen molar-refractivity contribution in [3.63, 3.8) is 0 Å². The maximum Gasteiger partial charge on any atom is 0.156 e. The van der Waals surface area contributed by atoms with Gasteiger partial charge in [-0.2, -0.15) is 0 Å². The van der Waals surface area contributed by atoms with E-state index < -0.39 is 0 Å². The predicted octanol–water partition coefficient (Wildman–Crippen LogP) is 4.25. The van der Waals surface area contributed by atoms with Crippen LogP contribution in [0.15, 0.2) is 24.3 Å². The second-order valence-corrected chi connectivity index (χ2v) is 4.78. The van der Waals surface area contributed by atoms with E-state index in [1.807, 2.05) is 0 Å². The van der Waals surface area contributed by atoms with Gasteiger partial charge in [0.1, 0.15) is 11.8 Å². The summed E-state index contributed by atoms with van der Waals surface area (Å²) in [6, 6.07) is 6.84. The standard InChI is InChI=1S/C12H9Cl3N2O/c1-18-6-12-16-10(5-11(15)17-12)8-3-2-7(13)4-9(8)14/h2-5H,6H2,1H3. The van der Waals surface area contributed by atoms with Crippen molar-refractivity contribution in [1.82, 2.24) is 9.97 Å². The average Bonchev–Trinajstić information content (AvgIpc) is 2.28. The summed E-state index contributed by atoms with van der Waals surface area (Å²) in [7, 11) is 1.57. The van der Waals surface area contributed by atoms with Crippen molar-refractivity contribution < 1.29 is 4.74 Å². The number of benzene rings is 1. The number of hydrogen-bond donors (Lipinski definition) is 0. The third-order valence-corrected chi connectivity index (χ3v) is 2.96. The first-order chi connectivity index (χ1) is 8.60. The van der Waals surface area contributed by atoms with Gasteiger partial charge in [-0.05, 0) is 18.2 Å². The van der Waals surface area contributed by atoms with Crippen LogP contribution in [-0.4, -0.2) is 17.1 Å². The minimum Gasteiger partial charge on any atom is -0.377 e. The molecule has 0 N–H and O–H groups in total. The number of hydrogen-bond acceptors (Lipinski definition) is 3. The molecule has 1 aromatic heterocycles. The molecule has 94 valence electrons. The molecule has 2 aromatic rings. The van der Waals surface area contributed by atoms with Crippen LogP contribution in [0.25, 0.3) is 11.3 Å². The SMILES string of the molecule is COCc1nc(Cl)cc(-c2ccc(Cl)cc2Cl)n1. The summed E-state index contributed by atoms with van der Waals surface area (Å²) in [6.45, 7) is 0.290. The lowest BCUT2D eigenvalue weighted by Crippen LogP contribution is -1.99. The average molecular weight is 304 g/mol. The minimum atomic E-state index is 0.290. The van der Waals surface area contributed by atoms with E-state index in [-0.39, 0.29) is 0 Å². The summed E-state index contributed by atoms with van der Waals surface area (Å²) < 4.78 is 4.99. The topological polar surface area (TPSA) is 35.0 Å². The third-order valence-electron chi connectivity index (χ3n) is 2.22. The summed E-state index contributed by atoms with van der Waals surface area (Å²) in [6.07, 6.45) is 0. The molecule has 0 aliphatic rings. The van der Waals surface area contributed by atoms with Gasteiger partial charge in [-0.15, -0.1) is 0 Å². The van der Waals surface area contributed by atoms with Crippen molar-refractivity contribution in [3.05, 3.63) is 45.3 Å². The van der Waals surface area contributed by atoms with Crippen LogP contribution in [0.1, 0.15) is 5.82 Å². The molecule has 0 atom stereocenters. The molecular weight excluding hydrogens is 295 g/mol. The highest BCUT2D eigenvalue weighted by atomic mass is 35.5. The number of ether oxygens (including phenoxy) is 1. The Bertz CT molecular complexity index is 575. The molecule has 2 rings (SSSR count). The van der Waals surface area contributed by atoms with Gasteiger partial charge in [-0.3, -0.25) is 0 Å². The lowest BCUT2D eigenvalue weighted by atomic mass is 10.1. The molecule has 1 heterocycles. The summed E-state index contributed by atoms with van der Waals surface area (Å²) in [5.74, 6) is 0.506. The Morgan fingerprint density at radius 1 is 1.11 bits per heavy atom. The maximum absolute atomic E-state index is 6.13. The molecule has 0 radical (unpaired) electrons. The van der Waals surface area contributed by atoms with E-state index in [2.05, 4.69) is 9.97 Å². The molecule has 0 amide bonds. The van der Waals surface area contributed by atoms with E-state index in [0.717, 1.165) is 5.56 Å². The van der Waals surface area contributed by atoms with Gasteiger partial charge in [0.05, 0.1) is 10.7 Å². The Kier molecular flexibility index (Phi) is 4.40. The Hall–Kier alpha value is -0.870. The molecule has 6 heteroatoms. The smallest absolute Gasteiger partial charge is 0.156 e. The molecule has 0 aliphatic carbocycles. The van der Waals surface area contributed by atoms with E-state index >= 15 is 0 Å². The Morgan fingerprint density at radius 2 is 1.89 bits per heavy atom. The number of rotatable bonds is 3. The summed E-state index contributed by atoms with van der Waals surface area (Å²) >= 11 is 17.9. The molecule has 1 aromatic carbocycles. The van der Waals surface area contributed by atoms with Crippen LogP contribution in [0.2, 0.25) is 15.2 Å². The fourth-order valence-corrected chi connectivity index (χ4v) is 2.20. The fraction of sp³-hybridized carbons (Fsp3) is 0.167. The van der Waals surface area contributed by atoms with Gasteiger partial charge in [-0.25, -0.2) is 9.97 Å². The van der Waals surface area contributed by atoms with Gasteiger partial charge in [0.25, 0.3) is 0 Å². The number of methoxy groups -OCH3 is 1. The largest absolute Gasteiger partial charge is 0.377 e. The molecule has 18 heavy (non-hydrogen) atoms. The zero-order valence-electron chi connectivity index (χ0n) is 9.45. The monoisotopic (exact) mass is 302 g/mol. The van der Waals surface area contributed by atoms with E-state index in [1.165, 1.54) is 0 Å². The molecule has 0 unspecified atom stereocenters. The highest BCUT2D eigenvalue weighted by Crippen LogP contribution is 2.30. The Morgan fingerprint density at radius 3 is 2.56 bits per heavy atom. The van der Waals surface area contributed by atoms with Gasteiger partial charge in [0.15, 0.2) is 5.82 Å². The van der Waals surface area contributed by atoms with Gasteiger partial charge >= 0.3 is 0 Å². The lowest BCUT2D eigenvalue weighted by Gasteiger charge is -2.07. The van der Waals surface area contributed by atoms with Gasteiger partial charge in [-0.1, -0.05) is 34.8 Å². The van der Waals surface area contributed by atoms with Crippen LogP contribution in [-0.2, 0) is 11.3 Å². The zero-order chi connectivity index (χ0) is 13.1. The normalized spacial score (nSPS) is 10.7. The predicted molar refractivity (Wildman–Crippen MR) is 73.2 cm³/mol. The van der Waals surface area contributed by atoms with Crippen LogP contribution in [0.4, 0.5) is 0 Å². The minimum absolute atomic E-state index is 0.290. The highest BCUT2D eigenvalue weighted by molar-refractivity contribution is 6.36. The number of aromatic nitrogens is 2. The van der Waals surface area contributed by atoms with Gasteiger partial charge in [0, 0.05) is 23.8 Å². The van der Waals surface area contributed by atoms with Crippen LogP contribution in [0.3, 0.4) is 0 Å². The summed E-state index contributed by atoms with van der Waals surface area (Å²) in [5, 5.41) is 1.43. The molecule has 0 spiro atoms. The Labute approximate surface area is 120 Å². The van der Waals surface area contributed by atoms with Crippen molar-refractivity contribution in [3.8, 4) is 11.3 Å². The number of nitrogens with zero attached hydrogens (tertiary/aromatic N) is 2. The number of halogens is 3. The van der Waals surface area contributed by atoms with Crippen molar-refractivity contribution in [1.29, 1.82) is 0 Å². The van der Waals surface area contributed by atoms with Crippen LogP contribution in [0, 0.1) is 0 Å². The van der Waals surface area contributed by atoms with Crippen LogP contribution < -0.4 is 0 Å². The van der Waals surface area contributed by atoms with E-state index in [1.54, 1.807) is 31.4 Å². The first kappa shape index (κ1) is 13.6. The Balaban J connectivity index is 2.49. The first-order valence-corrected chi connectivity index (χ1v) is 6.21. The summed E-state index contributed by atoms with van der Waals surface area (Å²) in [4.78, 5) is 8.39. The van der Waals surface area contributed by atoms with Crippen molar-refractivity contribution in [2.24, 2.45) is 0 Å². The van der Waals surface area contributed by atoms with Crippen LogP contribution >= 0.6 is 34.8 Å². The lowest BCUT2D eigenvalue weighted by molar-refractivity contribution is 0.178. The van der Waals surface area contributed by atoms with E-state index in [0.29, 0.717) is 33.3 Å². The van der Waals surface area contributed by atoms with Gasteiger partial charge in [0.2, 0.25) is 0 Å². The summed E-state index contributed by atoms with van der Waals surface area (Å²) in [5.41, 5.74) is 1.39. The second-order valence-electron chi connectivity index (χ2n) is 3.55. The molecule has 0 aliphatic heterocycles. The molecular formula is C12H9Cl3N2O. The van der Waals surface area contributed by atoms with E-state index in [4.69, 9.17) is 39.5 Å². The maximum atomic E-state index is 6.13. The molecule has 0 bridgehead atoms. The molecule has 3 nitrogen and oxygen atoms in total. The third kappa shape index (κ3) is 3.12. The van der Waals surface area contributed by atoms with E-state index in [9.17, 15) is 0 Å². The highest BCUT2D eigenvalue weighted by Gasteiger charge is 2.09. The molecule has 0 saturated heterocycles. The van der Waals surface area contributed by atoms with Crippen LogP contribution in [0.5, 0.6) is 0 Å². The molecule has 0 fully saturated rings. The zero-order valence-corrected chi connectivity index (χ0v) is 11.7. The van der Waals surface area contributed by atoms with Crippen molar-refractivity contribution in [2.75, 3.05) is 7.11 Å². The van der Waals surface area contributed by atoms with Gasteiger partial charge < -0.3 is 4.74 Å². The van der Waals surface area contributed by atoms with Crippen molar-refractivity contribution >= 4 is 34.8 Å². The second kappa shape index (κ2) is 5.85.